The van der Waals surface area contributed by atoms with Gasteiger partial charge in [0.1, 0.15) is 12.1 Å². The van der Waals surface area contributed by atoms with E-state index in [1.165, 1.54) is 6.92 Å². The third-order valence-electron chi connectivity index (χ3n) is 9.66. The molecule has 5 rings (SSSR count). The van der Waals surface area contributed by atoms with Crippen LogP contribution < -0.4 is 10.2 Å². The maximum atomic E-state index is 13.5. The number of piperidine rings is 1. The monoisotopic (exact) mass is 594 g/mol. The van der Waals surface area contributed by atoms with Gasteiger partial charge in [0.05, 0.1) is 12.6 Å². The molecule has 11 heteroatoms. The highest BCUT2D eigenvalue weighted by molar-refractivity contribution is 5.99. The number of hydrogen-bond acceptors (Lipinski definition) is 7. The van der Waals surface area contributed by atoms with Crippen LogP contribution in [0.3, 0.4) is 0 Å². The van der Waals surface area contributed by atoms with Crippen molar-refractivity contribution >= 4 is 35.1 Å². The number of piperazine rings is 1. The molecule has 4 atom stereocenters. The topological polar surface area (TPSA) is 114 Å². The molecule has 0 spiro atoms. The summed E-state index contributed by atoms with van der Waals surface area (Å²) in [5.74, 6) is -0.583. The minimum atomic E-state index is -0.605. The van der Waals surface area contributed by atoms with Crippen molar-refractivity contribution in [3.63, 3.8) is 0 Å². The Hall–Kier alpha value is -3.47. The second-order valence-corrected chi connectivity index (χ2v) is 12.7. The minimum absolute atomic E-state index is 0.00185. The Labute approximate surface area is 254 Å². The Kier molecular flexibility index (Phi) is 9.68. The standard InChI is InChI=1S/C32H46N6O5/c1-22(11-13-33-31(42)24-7-9-25(10-8-24)35-18-16-34(3)17-19-35)20-29(41)37-15-12-26-30(37)28(40)21-38(26)32(43)27-6-4-5-14-36(27)23(2)39/h7-10,22,26-27,30H,4-6,11-21H2,1-3H3,(H,33,42). The van der Waals surface area contributed by atoms with Crippen LogP contribution in [-0.4, -0.2) is 127 Å². The summed E-state index contributed by atoms with van der Waals surface area (Å²) in [6.45, 7) is 8.92. The van der Waals surface area contributed by atoms with Gasteiger partial charge in [0.25, 0.3) is 5.91 Å². The van der Waals surface area contributed by atoms with Crippen LogP contribution in [0.25, 0.3) is 0 Å². The molecule has 4 saturated heterocycles. The molecule has 1 aromatic rings. The van der Waals surface area contributed by atoms with E-state index in [2.05, 4.69) is 22.2 Å². The van der Waals surface area contributed by atoms with Crippen molar-refractivity contribution < 1.29 is 24.0 Å². The number of fused-ring (bicyclic) bond motifs is 1. The van der Waals surface area contributed by atoms with E-state index in [0.29, 0.717) is 44.5 Å². The number of amides is 4. The van der Waals surface area contributed by atoms with Gasteiger partial charge in [-0.05, 0) is 69.3 Å². The summed E-state index contributed by atoms with van der Waals surface area (Å²) in [5.41, 5.74) is 1.74. The number of anilines is 1. The number of Topliss-reactive ketones (excluding diaryl/α,β-unsaturated/α-hetero) is 1. The summed E-state index contributed by atoms with van der Waals surface area (Å²) in [7, 11) is 2.13. The fraction of sp³-hybridized carbons (Fsp3) is 0.656. The van der Waals surface area contributed by atoms with Crippen LogP contribution >= 0.6 is 0 Å². The van der Waals surface area contributed by atoms with E-state index in [4.69, 9.17) is 0 Å². The molecule has 4 aliphatic rings. The SMILES string of the molecule is CC(=O)N1CCCCC1C(=O)N1CC(=O)C2C1CCN2C(=O)CC(C)CCNC(=O)c1ccc(N2CCN(C)CC2)cc1. The molecule has 43 heavy (non-hydrogen) atoms. The zero-order valence-corrected chi connectivity index (χ0v) is 25.8. The van der Waals surface area contributed by atoms with Crippen LogP contribution in [0, 0.1) is 5.92 Å². The maximum Gasteiger partial charge on any atom is 0.251 e. The highest BCUT2D eigenvalue weighted by Gasteiger charge is 2.52. The summed E-state index contributed by atoms with van der Waals surface area (Å²) in [5, 5.41) is 2.97. The van der Waals surface area contributed by atoms with Crippen molar-refractivity contribution in [2.75, 3.05) is 64.3 Å². The fourth-order valence-corrected chi connectivity index (χ4v) is 7.09. The van der Waals surface area contributed by atoms with Crippen LogP contribution in [0.1, 0.15) is 62.7 Å². The fourth-order valence-electron chi connectivity index (χ4n) is 7.09. The predicted molar refractivity (Wildman–Crippen MR) is 163 cm³/mol. The van der Waals surface area contributed by atoms with Crippen LogP contribution in [0.5, 0.6) is 0 Å². The number of rotatable bonds is 8. The number of likely N-dealkylation sites (tertiary alicyclic amines) is 3. The maximum absolute atomic E-state index is 13.5. The third-order valence-corrected chi connectivity index (χ3v) is 9.66. The Balaban J connectivity index is 1.08. The van der Waals surface area contributed by atoms with E-state index in [9.17, 15) is 24.0 Å². The van der Waals surface area contributed by atoms with E-state index in [-0.39, 0.29) is 54.3 Å². The molecule has 0 bridgehead atoms. The van der Waals surface area contributed by atoms with Crippen LogP contribution in [-0.2, 0) is 19.2 Å². The second-order valence-electron chi connectivity index (χ2n) is 12.7. The van der Waals surface area contributed by atoms with Crippen molar-refractivity contribution in [2.24, 2.45) is 5.92 Å². The van der Waals surface area contributed by atoms with Gasteiger partial charge in [-0.25, -0.2) is 0 Å². The second kappa shape index (κ2) is 13.4. The summed E-state index contributed by atoms with van der Waals surface area (Å²) in [6, 6.07) is 6.27. The van der Waals surface area contributed by atoms with Crippen LogP contribution in [0.2, 0.25) is 0 Å². The Morgan fingerprint density at radius 1 is 0.907 bits per heavy atom. The van der Waals surface area contributed by atoms with Crippen LogP contribution in [0.4, 0.5) is 5.69 Å². The molecule has 11 nitrogen and oxygen atoms in total. The lowest BCUT2D eigenvalue weighted by Gasteiger charge is -2.37. The molecule has 4 heterocycles. The number of carbonyl (C=O) groups is 5. The Morgan fingerprint density at radius 3 is 2.33 bits per heavy atom. The molecule has 0 aliphatic carbocycles. The first-order chi connectivity index (χ1) is 20.6. The summed E-state index contributed by atoms with van der Waals surface area (Å²) in [6.07, 6.45) is 3.85. The van der Waals surface area contributed by atoms with E-state index in [0.717, 1.165) is 44.7 Å². The minimum Gasteiger partial charge on any atom is -0.369 e. The number of hydrogen-bond donors (Lipinski definition) is 1. The lowest BCUT2D eigenvalue weighted by molar-refractivity contribution is -0.147. The molecule has 0 radical (unpaired) electrons. The Bertz CT molecular complexity index is 1210. The average molecular weight is 595 g/mol. The third kappa shape index (κ3) is 6.87. The summed E-state index contributed by atoms with van der Waals surface area (Å²) < 4.78 is 0. The highest BCUT2D eigenvalue weighted by Crippen LogP contribution is 2.33. The molecule has 4 aliphatic heterocycles. The number of nitrogens with one attached hydrogen (secondary N) is 1. The largest absolute Gasteiger partial charge is 0.369 e. The van der Waals surface area contributed by atoms with E-state index in [1.54, 1.807) is 14.7 Å². The normalized spacial score (nSPS) is 25.1. The number of carbonyl (C=O) groups excluding carboxylic acids is 5. The zero-order chi connectivity index (χ0) is 30.7. The quantitative estimate of drug-likeness (QED) is 0.484. The predicted octanol–water partition coefficient (Wildman–Crippen LogP) is 1.37. The van der Waals surface area contributed by atoms with E-state index >= 15 is 0 Å². The van der Waals surface area contributed by atoms with Gasteiger partial charge in [-0.1, -0.05) is 6.92 Å². The molecule has 0 saturated carbocycles. The number of likely N-dealkylation sites (N-methyl/N-ethyl adjacent to an activating group) is 1. The number of benzene rings is 1. The first kappa shape index (κ1) is 31.0. The first-order valence-corrected chi connectivity index (χ1v) is 15.9. The summed E-state index contributed by atoms with van der Waals surface area (Å²) >= 11 is 0. The lowest BCUT2D eigenvalue weighted by atomic mass is 10.00. The molecule has 1 N–H and O–H groups in total. The van der Waals surface area contributed by atoms with Crippen molar-refractivity contribution in [1.29, 1.82) is 0 Å². The van der Waals surface area contributed by atoms with Gasteiger partial charge in [0.2, 0.25) is 17.7 Å². The number of ketones is 1. The van der Waals surface area contributed by atoms with Gasteiger partial charge in [-0.3, -0.25) is 24.0 Å². The van der Waals surface area contributed by atoms with E-state index < -0.39 is 12.1 Å². The molecular formula is C32H46N6O5. The zero-order valence-electron chi connectivity index (χ0n) is 25.8. The average Bonchev–Trinajstić information content (AvgIpc) is 3.58. The van der Waals surface area contributed by atoms with Crippen molar-refractivity contribution in [1.82, 2.24) is 24.9 Å². The van der Waals surface area contributed by atoms with Gasteiger partial charge in [-0.2, -0.15) is 0 Å². The van der Waals surface area contributed by atoms with Crippen molar-refractivity contribution in [2.45, 2.75) is 70.5 Å². The molecule has 4 fully saturated rings. The van der Waals surface area contributed by atoms with Gasteiger partial charge in [-0.15, -0.1) is 0 Å². The summed E-state index contributed by atoms with van der Waals surface area (Å²) in [4.78, 5) is 74.2. The van der Waals surface area contributed by atoms with Gasteiger partial charge >= 0.3 is 0 Å². The van der Waals surface area contributed by atoms with Gasteiger partial charge in [0, 0.05) is 70.4 Å². The van der Waals surface area contributed by atoms with Gasteiger partial charge < -0.3 is 29.8 Å². The molecular weight excluding hydrogens is 548 g/mol. The van der Waals surface area contributed by atoms with Gasteiger partial charge in [0.15, 0.2) is 5.78 Å². The molecule has 4 unspecified atom stereocenters. The molecule has 0 aromatic heterocycles. The smallest absolute Gasteiger partial charge is 0.251 e. The van der Waals surface area contributed by atoms with E-state index in [1.807, 2.05) is 31.2 Å². The first-order valence-electron chi connectivity index (χ1n) is 15.9. The lowest BCUT2D eigenvalue weighted by Crippen LogP contribution is -2.54. The molecule has 4 amide bonds. The van der Waals surface area contributed by atoms with Crippen molar-refractivity contribution in [3.05, 3.63) is 29.8 Å². The van der Waals surface area contributed by atoms with Crippen LogP contribution in [0.15, 0.2) is 24.3 Å². The molecule has 234 valence electrons. The number of nitrogens with zero attached hydrogens (tertiary/aromatic N) is 5. The molecule has 1 aromatic carbocycles. The van der Waals surface area contributed by atoms with Crippen molar-refractivity contribution in [3.8, 4) is 0 Å². The highest BCUT2D eigenvalue weighted by atomic mass is 16.2. The Morgan fingerprint density at radius 2 is 1.63 bits per heavy atom.